The minimum atomic E-state index is 0.294. The van der Waals surface area contributed by atoms with Gasteiger partial charge in [0.1, 0.15) is 0 Å². The van der Waals surface area contributed by atoms with E-state index < -0.39 is 0 Å². The fraction of sp³-hybridized carbons (Fsp3) is 1.00. The van der Waals surface area contributed by atoms with Gasteiger partial charge in [0.05, 0.1) is 6.61 Å². The van der Waals surface area contributed by atoms with Crippen molar-refractivity contribution in [2.75, 3.05) is 13.2 Å². The molecule has 102 valence electrons. The summed E-state index contributed by atoms with van der Waals surface area (Å²) in [4.78, 5) is 0. The van der Waals surface area contributed by atoms with E-state index in [-0.39, 0.29) is 0 Å². The summed E-state index contributed by atoms with van der Waals surface area (Å²) in [6.45, 7) is 10.5. The van der Waals surface area contributed by atoms with E-state index in [9.17, 15) is 5.11 Å². The van der Waals surface area contributed by atoms with Crippen LogP contribution in [0.1, 0.15) is 53.4 Å². The molecule has 1 saturated carbocycles. The van der Waals surface area contributed by atoms with Crippen LogP contribution in [0.2, 0.25) is 0 Å². The van der Waals surface area contributed by atoms with Gasteiger partial charge in [-0.2, -0.15) is 11.8 Å². The van der Waals surface area contributed by atoms with E-state index in [1.54, 1.807) is 0 Å². The SMILES string of the molecule is CCCNC1C(SC(C)CO)CCCC1(C)C. The van der Waals surface area contributed by atoms with Gasteiger partial charge in [0.25, 0.3) is 0 Å². The molecule has 1 aliphatic carbocycles. The van der Waals surface area contributed by atoms with E-state index in [2.05, 4.69) is 33.0 Å². The first-order valence-electron chi connectivity index (χ1n) is 7.01. The summed E-state index contributed by atoms with van der Waals surface area (Å²) in [6, 6.07) is 0.593. The summed E-state index contributed by atoms with van der Waals surface area (Å²) < 4.78 is 0. The van der Waals surface area contributed by atoms with Crippen LogP contribution in [0.15, 0.2) is 0 Å². The van der Waals surface area contributed by atoms with Gasteiger partial charge in [0.2, 0.25) is 0 Å². The zero-order valence-electron chi connectivity index (χ0n) is 11.8. The van der Waals surface area contributed by atoms with Gasteiger partial charge in [-0.25, -0.2) is 0 Å². The number of hydrogen-bond acceptors (Lipinski definition) is 3. The number of aliphatic hydroxyl groups is 1. The molecule has 2 N–H and O–H groups in total. The Balaban J connectivity index is 2.63. The van der Waals surface area contributed by atoms with Crippen molar-refractivity contribution in [3.63, 3.8) is 0 Å². The Labute approximate surface area is 111 Å². The van der Waals surface area contributed by atoms with Crippen molar-refractivity contribution in [3.05, 3.63) is 0 Å². The molecule has 0 heterocycles. The molecular formula is C14H29NOS. The first-order chi connectivity index (χ1) is 8.01. The summed E-state index contributed by atoms with van der Waals surface area (Å²) in [7, 11) is 0. The first-order valence-corrected chi connectivity index (χ1v) is 7.95. The molecule has 3 unspecified atom stereocenters. The fourth-order valence-electron chi connectivity index (χ4n) is 2.78. The molecule has 2 nitrogen and oxygen atoms in total. The van der Waals surface area contributed by atoms with Crippen molar-refractivity contribution in [1.82, 2.24) is 5.32 Å². The lowest BCUT2D eigenvalue weighted by Gasteiger charge is -2.45. The molecule has 3 atom stereocenters. The molecule has 0 aliphatic heterocycles. The summed E-state index contributed by atoms with van der Waals surface area (Å²) in [6.07, 6.45) is 5.13. The van der Waals surface area contributed by atoms with Gasteiger partial charge >= 0.3 is 0 Å². The van der Waals surface area contributed by atoms with Crippen LogP contribution in [0.3, 0.4) is 0 Å². The molecule has 0 amide bonds. The molecule has 0 aromatic rings. The lowest BCUT2D eigenvalue weighted by Crippen LogP contribution is -2.52. The lowest BCUT2D eigenvalue weighted by molar-refractivity contribution is 0.174. The average molecular weight is 259 g/mol. The molecule has 0 spiro atoms. The predicted molar refractivity (Wildman–Crippen MR) is 77.6 cm³/mol. The third-order valence-corrected chi connectivity index (χ3v) is 5.27. The average Bonchev–Trinajstić information content (AvgIpc) is 2.27. The molecule has 1 aliphatic rings. The van der Waals surface area contributed by atoms with Crippen molar-refractivity contribution in [2.45, 2.75) is 69.9 Å². The molecule has 0 saturated heterocycles. The van der Waals surface area contributed by atoms with Crippen LogP contribution >= 0.6 is 11.8 Å². The zero-order chi connectivity index (χ0) is 12.9. The largest absolute Gasteiger partial charge is 0.395 e. The Morgan fingerprint density at radius 2 is 2.18 bits per heavy atom. The van der Waals surface area contributed by atoms with Gasteiger partial charge in [-0.3, -0.25) is 0 Å². The Bertz CT molecular complexity index is 220. The van der Waals surface area contributed by atoms with Crippen molar-refractivity contribution < 1.29 is 5.11 Å². The highest BCUT2D eigenvalue weighted by Gasteiger charge is 2.39. The van der Waals surface area contributed by atoms with E-state index in [1.165, 1.54) is 25.7 Å². The molecule has 3 heteroatoms. The van der Waals surface area contributed by atoms with Gasteiger partial charge < -0.3 is 10.4 Å². The van der Waals surface area contributed by atoms with Crippen LogP contribution in [0.4, 0.5) is 0 Å². The van der Waals surface area contributed by atoms with Gasteiger partial charge in [0, 0.05) is 16.5 Å². The molecule has 0 bridgehead atoms. The van der Waals surface area contributed by atoms with E-state index in [1.807, 2.05) is 11.8 Å². The van der Waals surface area contributed by atoms with E-state index in [4.69, 9.17) is 0 Å². The van der Waals surface area contributed by atoms with Crippen LogP contribution in [0, 0.1) is 5.41 Å². The summed E-state index contributed by atoms with van der Waals surface area (Å²) in [5, 5.41) is 14.0. The second-order valence-electron chi connectivity index (χ2n) is 5.98. The van der Waals surface area contributed by atoms with Crippen molar-refractivity contribution in [2.24, 2.45) is 5.41 Å². The maximum atomic E-state index is 9.22. The fourth-order valence-corrected chi connectivity index (χ4v) is 4.39. The van der Waals surface area contributed by atoms with Crippen LogP contribution in [0.25, 0.3) is 0 Å². The normalized spacial score (nSPS) is 30.2. The predicted octanol–water partition coefficient (Wildman–Crippen LogP) is 3.05. The molecular weight excluding hydrogens is 230 g/mol. The quantitative estimate of drug-likeness (QED) is 0.769. The summed E-state index contributed by atoms with van der Waals surface area (Å²) in [5.41, 5.74) is 0.389. The van der Waals surface area contributed by atoms with Crippen molar-refractivity contribution >= 4 is 11.8 Å². The van der Waals surface area contributed by atoms with Crippen molar-refractivity contribution in [1.29, 1.82) is 0 Å². The van der Waals surface area contributed by atoms with Crippen molar-refractivity contribution in [3.8, 4) is 0 Å². The van der Waals surface area contributed by atoms with E-state index >= 15 is 0 Å². The number of nitrogens with one attached hydrogen (secondary N) is 1. The Hall–Kier alpha value is 0.270. The Morgan fingerprint density at radius 3 is 2.76 bits per heavy atom. The van der Waals surface area contributed by atoms with E-state index in [0.717, 1.165) is 6.54 Å². The molecule has 1 rings (SSSR count). The number of hydrogen-bond donors (Lipinski definition) is 2. The standard InChI is InChI=1S/C14H29NOS/c1-5-9-15-13-12(17-11(2)10-16)7-6-8-14(13,3)4/h11-13,15-16H,5-10H2,1-4H3. The van der Waals surface area contributed by atoms with Gasteiger partial charge in [-0.15, -0.1) is 0 Å². The monoisotopic (exact) mass is 259 g/mol. The molecule has 0 aromatic heterocycles. The Kier molecular flexibility index (Phi) is 6.32. The second-order valence-corrected chi connectivity index (χ2v) is 7.66. The molecule has 0 radical (unpaired) electrons. The second kappa shape index (κ2) is 7.01. The smallest absolute Gasteiger partial charge is 0.0547 e. The highest BCUT2D eigenvalue weighted by atomic mass is 32.2. The number of aliphatic hydroxyl groups excluding tert-OH is 1. The highest BCUT2D eigenvalue weighted by molar-refractivity contribution is 8.00. The topological polar surface area (TPSA) is 32.3 Å². The summed E-state index contributed by atoms with van der Waals surface area (Å²) >= 11 is 1.97. The highest BCUT2D eigenvalue weighted by Crippen LogP contribution is 2.41. The van der Waals surface area contributed by atoms with Crippen LogP contribution in [-0.2, 0) is 0 Å². The molecule has 1 fully saturated rings. The third-order valence-electron chi connectivity index (χ3n) is 3.80. The summed E-state index contributed by atoms with van der Waals surface area (Å²) in [5.74, 6) is 0. The molecule has 0 aromatic carbocycles. The lowest BCUT2D eigenvalue weighted by atomic mass is 9.73. The first kappa shape index (κ1) is 15.3. The van der Waals surface area contributed by atoms with Crippen LogP contribution in [0.5, 0.6) is 0 Å². The van der Waals surface area contributed by atoms with Gasteiger partial charge in [-0.1, -0.05) is 34.1 Å². The molecule has 17 heavy (non-hydrogen) atoms. The minimum absolute atomic E-state index is 0.294. The maximum absolute atomic E-state index is 9.22. The van der Waals surface area contributed by atoms with Gasteiger partial charge in [0.15, 0.2) is 0 Å². The van der Waals surface area contributed by atoms with E-state index in [0.29, 0.717) is 28.6 Å². The van der Waals surface area contributed by atoms with Crippen LogP contribution < -0.4 is 5.32 Å². The maximum Gasteiger partial charge on any atom is 0.0547 e. The zero-order valence-corrected chi connectivity index (χ0v) is 12.6. The number of thioether (sulfide) groups is 1. The number of rotatable bonds is 6. The minimum Gasteiger partial charge on any atom is -0.395 e. The van der Waals surface area contributed by atoms with Crippen LogP contribution in [-0.4, -0.2) is 34.8 Å². The third kappa shape index (κ3) is 4.46. The van der Waals surface area contributed by atoms with Gasteiger partial charge in [-0.05, 0) is 31.2 Å². The Morgan fingerprint density at radius 1 is 1.47 bits per heavy atom.